The molecule has 0 radical (unpaired) electrons. The second kappa shape index (κ2) is 5.25. The molecule has 7 nitrogen and oxygen atoms in total. The molecule has 1 atom stereocenters. The lowest BCUT2D eigenvalue weighted by Gasteiger charge is -2.41. The van der Waals surface area contributed by atoms with Gasteiger partial charge in [-0.05, 0) is 19.3 Å². The van der Waals surface area contributed by atoms with Crippen molar-refractivity contribution < 1.29 is 14.7 Å². The molecule has 1 spiro atoms. The van der Waals surface area contributed by atoms with Gasteiger partial charge < -0.3 is 15.3 Å². The largest absolute Gasteiger partial charge is 0.481 e. The fraction of sp³-hybridized carbons (Fsp3) is 0.692. The van der Waals surface area contributed by atoms with Crippen molar-refractivity contribution >= 4 is 28.3 Å². The summed E-state index contributed by atoms with van der Waals surface area (Å²) in [4.78, 5) is 25.1. The van der Waals surface area contributed by atoms with E-state index in [0.29, 0.717) is 25.9 Å². The fourth-order valence-corrected chi connectivity index (χ4v) is 4.04. The maximum absolute atomic E-state index is 11.6. The van der Waals surface area contributed by atoms with Crippen LogP contribution in [-0.2, 0) is 16.0 Å². The Morgan fingerprint density at radius 2 is 2.19 bits per heavy atom. The summed E-state index contributed by atoms with van der Waals surface area (Å²) in [5.74, 6) is -1.65. The van der Waals surface area contributed by atoms with E-state index in [0.717, 1.165) is 16.6 Å². The van der Waals surface area contributed by atoms with Gasteiger partial charge in [-0.2, -0.15) is 0 Å². The van der Waals surface area contributed by atoms with Gasteiger partial charge in [0.05, 0.1) is 11.5 Å². The Labute approximate surface area is 126 Å². The molecule has 0 aromatic carbocycles. The van der Waals surface area contributed by atoms with Gasteiger partial charge in [-0.15, -0.1) is 10.2 Å². The van der Waals surface area contributed by atoms with Crippen molar-refractivity contribution in [3.63, 3.8) is 0 Å². The molecule has 114 valence electrons. The highest BCUT2D eigenvalue weighted by atomic mass is 32.1. The molecular weight excluding hydrogens is 292 g/mol. The lowest BCUT2D eigenvalue weighted by Crippen LogP contribution is -2.55. The van der Waals surface area contributed by atoms with Crippen LogP contribution in [0.1, 0.15) is 31.2 Å². The van der Waals surface area contributed by atoms with Gasteiger partial charge in [0.2, 0.25) is 11.0 Å². The molecule has 1 aromatic rings. The SMILES string of the molecule is CCc1nnc(N2CCC3(CC2)NC(=O)C[C@@H]3C(=O)O)s1. The lowest BCUT2D eigenvalue weighted by atomic mass is 9.78. The zero-order chi connectivity index (χ0) is 15.0. The maximum atomic E-state index is 11.6. The number of aryl methyl sites for hydroxylation is 1. The van der Waals surface area contributed by atoms with Gasteiger partial charge in [-0.25, -0.2) is 0 Å². The van der Waals surface area contributed by atoms with Crippen molar-refractivity contribution in [2.24, 2.45) is 5.92 Å². The molecule has 2 fully saturated rings. The average molecular weight is 310 g/mol. The first-order valence-electron chi connectivity index (χ1n) is 7.15. The van der Waals surface area contributed by atoms with Crippen LogP contribution in [-0.4, -0.2) is 45.8 Å². The van der Waals surface area contributed by atoms with Crippen molar-refractivity contribution in [2.45, 2.75) is 38.1 Å². The number of carbonyl (C=O) groups is 2. The standard InChI is InChI=1S/C13H18N4O3S/c1-2-10-15-16-12(21-10)17-5-3-13(4-6-17)8(11(19)20)7-9(18)14-13/h8H,2-7H2,1H3,(H,14,18)(H,19,20)/t8-/m1/s1. The molecule has 21 heavy (non-hydrogen) atoms. The van der Waals surface area contributed by atoms with Crippen LogP contribution in [0.5, 0.6) is 0 Å². The van der Waals surface area contributed by atoms with Gasteiger partial charge in [-0.3, -0.25) is 9.59 Å². The van der Waals surface area contributed by atoms with E-state index in [1.807, 2.05) is 6.92 Å². The van der Waals surface area contributed by atoms with Crippen molar-refractivity contribution in [3.8, 4) is 0 Å². The third-order valence-corrected chi connectivity index (χ3v) is 5.56. The van der Waals surface area contributed by atoms with Crippen LogP contribution in [0.15, 0.2) is 0 Å². The predicted molar refractivity (Wildman–Crippen MR) is 77.4 cm³/mol. The third-order valence-electron chi connectivity index (χ3n) is 4.43. The van der Waals surface area contributed by atoms with E-state index in [1.54, 1.807) is 11.3 Å². The normalized spacial score (nSPS) is 24.3. The summed E-state index contributed by atoms with van der Waals surface area (Å²) in [6.07, 6.45) is 2.23. The summed E-state index contributed by atoms with van der Waals surface area (Å²) >= 11 is 1.58. The number of nitrogens with zero attached hydrogens (tertiary/aromatic N) is 3. The zero-order valence-electron chi connectivity index (χ0n) is 11.8. The summed E-state index contributed by atoms with van der Waals surface area (Å²) in [7, 11) is 0. The molecule has 0 bridgehead atoms. The molecule has 2 saturated heterocycles. The lowest BCUT2D eigenvalue weighted by molar-refractivity contribution is -0.144. The molecule has 0 saturated carbocycles. The third kappa shape index (κ3) is 2.48. The Balaban J connectivity index is 1.72. The molecule has 1 aromatic heterocycles. The number of nitrogens with one attached hydrogen (secondary N) is 1. The first kappa shape index (κ1) is 14.2. The van der Waals surface area contributed by atoms with Crippen LogP contribution >= 0.6 is 11.3 Å². The summed E-state index contributed by atoms with van der Waals surface area (Å²) in [5.41, 5.74) is -0.586. The van der Waals surface area contributed by atoms with Crippen molar-refractivity contribution in [2.75, 3.05) is 18.0 Å². The fourth-order valence-electron chi connectivity index (χ4n) is 3.21. The van der Waals surface area contributed by atoms with Crippen LogP contribution < -0.4 is 10.2 Å². The number of carboxylic acid groups (broad SMARTS) is 1. The molecule has 2 aliphatic heterocycles. The number of piperidine rings is 1. The van der Waals surface area contributed by atoms with Crippen molar-refractivity contribution in [3.05, 3.63) is 5.01 Å². The molecular formula is C13H18N4O3S. The average Bonchev–Trinajstić information content (AvgIpc) is 3.05. The number of carbonyl (C=O) groups excluding carboxylic acids is 1. The number of anilines is 1. The van der Waals surface area contributed by atoms with Crippen molar-refractivity contribution in [1.29, 1.82) is 0 Å². The second-order valence-electron chi connectivity index (χ2n) is 5.62. The van der Waals surface area contributed by atoms with Gasteiger partial charge in [0.1, 0.15) is 5.01 Å². The van der Waals surface area contributed by atoms with E-state index >= 15 is 0 Å². The minimum absolute atomic E-state index is 0.0914. The van der Waals surface area contributed by atoms with Crippen LogP contribution in [0.4, 0.5) is 5.13 Å². The minimum atomic E-state index is -0.883. The predicted octanol–water partition coefficient (Wildman–Crippen LogP) is 0.660. The summed E-state index contributed by atoms with van der Waals surface area (Å²) in [6.45, 7) is 3.44. The maximum Gasteiger partial charge on any atom is 0.309 e. The Morgan fingerprint density at radius 1 is 1.48 bits per heavy atom. The highest BCUT2D eigenvalue weighted by molar-refractivity contribution is 7.15. The molecule has 0 aliphatic carbocycles. The van der Waals surface area contributed by atoms with Crippen LogP contribution in [0, 0.1) is 5.92 Å². The second-order valence-corrected chi connectivity index (χ2v) is 6.66. The van der Waals surface area contributed by atoms with Gasteiger partial charge in [0.15, 0.2) is 0 Å². The Kier molecular flexibility index (Phi) is 3.56. The van der Waals surface area contributed by atoms with E-state index in [-0.39, 0.29) is 12.3 Å². The highest BCUT2D eigenvalue weighted by Crippen LogP contribution is 2.38. The van der Waals surface area contributed by atoms with Gasteiger partial charge in [0, 0.05) is 19.5 Å². The molecule has 3 rings (SSSR count). The minimum Gasteiger partial charge on any atom is -0.481 e. The number of hydrogen-bond donors (Lipinski definition) is 2. The summed E-state index contributed by atoms with van der Waals surface area (Å²) in [6, 6.07) is 0. The smallest absolute Gasteiger partial charge is 0.309 e. The molecule has 2 aliphatic rings. The first-order chi connectivity index (χ1) is 10.0. The van der Waals surface area contributed by atoms with Crippen molar-refractivity contribution in [1.82, 2.24) is 15.5 Å². The molecule has 1 amide bonds. The van der Waals surface area contributed by atoms with E-state index in [1.165, 1.54) is 0 Å². The number of amides is 1. The van der Waals surface area contributed by atoms with Crippen LogP contribution in [0.25, 0.3) is 0 Å². The molecule has 8 heteroatoms. The molecule has 2 N–H and O–H groups in total. The van der Waals surface area contributed by atoms with E-state index in [2.05, 4.69) is 20.4 Å². The van der Waals surface area contributed by atoms with Crippen LogP contribution in [0.2, 0.25) is 0 Å². The quantitative estimate of drug-likeness (QED) is 0.851. The first-order valence-corrected chi connectivity index (χ1v) is 7.97. The number of aromatic nitrogens is 2. The number of hydrogen-bond acceptors (Lipinski definition) is 6. The molecule has 3 heterocycles. The topological polar surface area (TPSA) is 95.4 Å². The Hall–Kier alpha value is -1.70. The van der Waals surface area contributed by atoms with Gasteiger partial charge in [0.25, 0.3) is 0 Å². The Bertz CT molecular complexity index is 566. The molecule has 0 unspecified atom stereocenters. The number of rotatable bonds is 3. The Morgan fingerprint density at radius 3 is 2.76 bits per heavy atom. The zero-order valence-corrected chi connectivity index (χ0v) is 12.7. The van der Waals surface area contributed by atoms with Gasteiger partial charge >= 0.3 is 5.97 Å². The van der Waals surface area contributed by atoms with E-state index in [4.69, 9.17) is 0 Å². The number of carboxylic acids is 1. The summed E-state index contributed by atoms with van der Waals surface area (Å²) < 4.78 is 0. The summed E-state index contributed by atoms with van der Waals surface area (Å²) in [5, 5.41) is 22.4. The monoisotopic (exact) mass is 310 g/mol. The highest BCUT2D eigenvalue weighted by Gasteiger charge is 2.51. The van der Waals surface area contributed by atoms with E-state index < -0.39 is 17.4 Å². The number of aliphatic carboxylic acids is 1. The van der Waals surface area contributed by atoms with Gasteiger partial charge in [-0.1, -0.05) is 18.3 Å². The van der Waals surface area contributed by atoms with Crippen LogP contribution in [0.3, 0.4) is 0 Å². The van der Waals surface area contributed by atoms with E-state index in [9.17, 15) is 14.7 Å².